The lowest BCUT2D eigenvalue weighted by Crippen LogP contribution is -2.35. The van der Waals surface area contributed by atoms with E-state index in [1.807, 2.05) is 24.3 Å². The highest BCUT2D eigenvalue weighted by atomic mass is 32.2. The van der Waals surface area contributed by atoms with Gasteiger partial charge < -0.3 is 5.32 Å². The molecule has 9 heteroatoms. The molecule has 0 radical (unpaired) electrons. The number of carbonyl (C=O) groups excluding carboxylic acids is 3. The van der Waals surface area contributed by atoms with Crippen molar-refractivity contribution in [3.8, 4) is 0 Å². The number of hydrogen-bond acceptors (Lipinski definition) is 5. The van der Waals surface area contributed by atoms with Gasteiger partial charge in [-0.2, -0.15) is 4.31 Å². The van der Waals surface area contributed by atoms with Gasteiger partial charge >= 0.3 is 0 Å². The zero-order chi connectivity index (χ0) is 24.0. The van der Waals surface area contributed by atoms with E-state index >= 15 is 0 Å². The van der Waals surface area contributed by atoms with Crippen LogP contribution in [0.15, 0.2) is 71.6 Å². The molecule has 0 saturated carbocycles. The van der Waals surface area contributed by atoms with E-state index in [9.17, 15) is 22.8 Å². The zero-order valence-corrected chi connectivity index (χ0v) is 19.1. The Labute approximate surface area is 196 Å². The van der Waals surface area contributed by atoms with E-state index in [1.54, 1.807) is 6.07 Å². The van der Waals surface area contributed by atoms with Crippen LogP contribution in [0.1, 0.15) is 42.2 Å². The summed E-state index contributed by atoms with van der Waals surface area (Å²) in [4.78, 5) is 38.0. The summed E-state index contributed by atoms with van der Waals surface area (Å²) in [5.41, 5.74) is 3.31. The second-order valence-corrected chi connectivity index (χ2v) is 10.2. The van der Waals surface area contributed by atoms with E-state index in [-0.39, 0.29) is 21.9 Å². The predicted octanol–water partition coefficient (Wildman–Crippen LogP) is 2.91. The predicted molar refractivity (Wildman–Crippen MR) is 125 cm³/mol. The van der Waals surface area contributed by atoms with Gasteiger partial charge in [-0.15, -0.1) is 0 Å². The lowest BCUT2D eigenvalue weighted by atomic mass is 10.0. The number of nitrogens with zero attached hydrogens (tertiary/aromatic N) is 2. The van der Waals surface area contributed by atoms with Gasteiger partial charge in [0.25, 0.3) is 17.7 Å². The van der Waals surface area contributed by atoms with Crippen molar-refractivity contribution >= 4 is 33.4 Å². The molecular formula is C25H21N3O5S. The van der Waals surface area contributed by atoms with Crippen molar-refractivity contribution in [2.75, 3.05) is 18.9 Å². The zero-order valence-electron chi connectivity index (χ0n) is 18.3. The highest BCUT2D eigenvalue weighted by Gasteiger charge is 2.33. The first-order valence-corrected chi connectivity index (χ1v) is 12.1. The molecule has 0 bridgehead atoms. The molecule has 1 N–H and O–H groups in total. The second kappa shape index (κ2) is 8.19. The molecule has 0 atom stereocenters. The Balaban J connectivity index is 1.31. The van der Waals surface area contributed by atoms with Gasteiger partial charge in [-0.3, -0.25) is 19.3 Å². The Morgan fingerprint density at radius 3 is 2.29 bits per heavy atom. The number of fused-ring (bicyclic) bond motifs is 2. The van der Waals surface area contributed by atoms with Crippen molar-refractivity contribution in [1.29, 1.82) is 0 Å². The maximum Gasteiger partial charge on any atom is 0.261 e. The van der Waals surface area contributed by atoms with Crippen molar-refractivity contribution in [2.24, 2.45) is 0 Å². The van der Waals surface area contributed by atoms with Gasteiger partial charge in [0.15, 0.2) is 0 Å². The van der Waals surface area contributed by atoms with Crippen LogP contribution in [0.2, 0.25) is 0 Å². The third kappa shape index (κ3) is 3.68. The molecule has 0 spiro atoms. The molecular weight excluding hydrogens is 454 g/mol. The summed E-state index contributed by atoms with van der Waals surface area (Å²) in [5.74, 6) is -1.27. The summed E-state index contributed by atoms with van der Waals surface area (Å²) >= 11 is 0. The molecule has 2 aliphatic heterocycles. The van der Waals surface area contributed by atoms with Gasteiger partial charge in [0.1, 0.15) is 0 Å². The first kappa shape index (κ1) is 22.0. The topological polar surface area (TPSA) is 104 Å². The molecule has 2 aliphatic rings. The first-order chi connectivity index (χ1) is 16.3. The number of anilines is 1. The summed E-state index contributed by atoms with van der Waals surface area (Å²) in [6.45, 7) is 0.714. The van der Waals surface area contributed by atoms with Crippen molar-refractivity contribution in [2.45, 2.75) is 17.9 Å². The Morgan fingerprint density at radius 2 is 1.56 bits per heavy atom. The number of nitrogens with one attached hydrogen (secondary N) is 1. The fourth-order valence-corrected chi connectivity index (χ4v) is 5.66. The van der Waals surface area contributed by atoms with E-state index in [1.165, 1.54) is 47.8 Å². The van der Waals surface area contributed by atoms with Crippen molar-refractivity contribution in [3.63, 3.8) is 0 Å². The molecule has 34 heavy (non-hydrogen) atoms. The largest absolute Gasteiger partial charge is 0.322 e. The molecule has 5 rings (SSSR count). The van der Waals surface area contributed by atoms with Crippen molar-refractivity contribution in [1.82, 2.24) is 9.21 Å². The molecule has 8 nitrogen and oxygen atoms in total. The molecule has 0 aliphatic carbocycles. The maximum atomic E-state index is 13.1. The molecule has 0 fully saturated rings. The van der Waals surface area contributed by atoms with E-state index in [0.717, 1.165) is 16.0 Å². The molecule has 2 heterocycles. The minimum absolute atomic E-state index is 0.119. The molecule has 3 aromatic carbocycles. The highest BCUT2D eigenvalue weighted by molar-refractivity contribution is 7.89. The van der Waals surface area contributed by atoms with Gasteiger partial charge in [-0.1, -0.05) is 24.3 Å². The lowest BCUT2D eigenvalue weighted by molar-refractivity contribution is 0.0692. The van der Waals surface area contributed by atoms with Gasteiger partial charge in [-0.05, 0) is 60.0 Å². The van der Waals surface area contributed by atoms with Crippen LogP contribution in [-0.4, -0.2) is 48.9 Å². The van der Waals surface area contributed by atoms with Crippen LogP contribution >= 0.6 is 0 Å². The monoisotopic (exact) mass is 475 g/mol. The van der Waals surface area contributed by atoms with Crippen LogP contribution in [0.4, 0.5) is 5.69 Å². The Hall–Kier alpha value is -3.82. The van der Waals surface area contributed by atoms with E-state index < -0.39 is 21.8 Å². The van der Waals surface area contributed by atoms with Crippen molar-refractivity contribution < 1.29 is 22.8 Å². The number of rotatable bonds is 4. The standard InChI is InChI=1S/C25H21N3O5S/c1-27-24(30)21-11-8-19(14-22(21)25(27)31)26-23(29)17-6-9-20(10-7-17)34(32,33)28-13-12-16-4-2-3-5-18(16)15-28/h2-11,14H,12-13,15H2,1H3,(H,26,29). The molecule has 3 aromatic rings. The third-order valence-corrected chi connectivity index (χ3v) is 8.06. The summed E-state index contributed by atoms with van der Waals surface area (Å²) < 4.78 is 27.7. The van der Waals surface area contributed by atoms with Crippen LogP contribution in [0.3, 0.4) is 0 Å². The van der Waals surface area contributed by atoms with E-state index in [2.05, 4.69) is 5.32 Å². The maximum absolute atomic E-state index is 13.1. The number of carbonyl (C=O) groups is 3. The van der Waals surface area contributed by atoms with E-state index in [4.69, 9.17) is 0 Å². The van der Waals surface area contributed by atoms with Crippen LogP contribution in [0, 0.1) is 0 Å². The SMILES string of the molecule is CN1C(=O)c2ccc(NC(=O)c3ccc(S(=O)(=O)N4CCc5ccccc5C4)cc3)cc2C1=O. The first-order valence-electron chi connectivity index (χ1n) is 10.7. The highest BCUT2D eigenvalue weighted by Crippen LogP contribution is 2.27. The molecule has 0 unspecified atom stereocenters. The summed E-state index contributed by atoms with van der Waals surface area (Å²) in [6, 6.07) is 18.1. The number of imide groups is 1. The fourth-order valence-electron chi connectivity index (χ4n) is 4.24. The average Bonchev–Trinajstić information content (AvgIpc) is 3.07. The second-order valence-electron chi connectivity index (χ2n) is 8.27. The summed E-state index contributed by atoms with van der Waals surface area (Å²) in [6.07, 6.45) is 0.653. The van der Waals surface area contributed by atoms with Gasteiger partial charge in [0.2, 0.25) is 10.0 Å². The number of hydrogen-bond donors (Lipinski definition) is 1. The Morgan fingerprint density at radius 1 is 0.882 bits per heavy atom. The number of amides is 3. The molecule has 0 aromatic heterocycles. The lowest BCUT2D eigenvalue weighted by Gasteiger charge is -2.28. The number of benzene rings is 3. The van der Waals surface area contributed by atoms with Crippen LogP contribution < -0.4 is 5.32 Å². The average molecular weight is 476 g/mol. The normalized spacial score (nSPS) is 15.7. The Kier molecular flexibility index (Phi) is 5.30. The minimum Gasteiger partial charge on any atom is -0.322 e. The van der Waals surface area contributed by atoms with Gasteiger partial charge in [-0.25, -0.2) is 8.42 Å². The summed E-state index contributed by atoms with van der Waals surface area (Å²) in [7, 11) is -2.30. The molecule has 172 valence electrons. The fraction of sp³-hybridized carbons (Fsp3) is 0.160. The van der Waals surface area contributed by atoms with Gasteiger partial charge in [0, 0.05) is 31.4 Å². The minimum atomic E-state index is -3.70. The van der Waals surface area contributed by atoms with E-state index in [0.29, 0.717) is 30.8 Å². The van der Waals surface area contributed by atoms with Crippen LogP contribution in [0.5, 0.6) is 0 Å². The summed E-state index contributed by atoms with van der Waals surface area (Å²) in [5, 5.41) is 2.69. The molecule has 0 saturated heterocycles. The molecule has 3 amide bonds. The van der Waals surface area contributed by atoms with Gasteiger partial charge in [0.05, 0.1) is 16.0 Å². The van der Waals surface area contributed by atoms with Crippen molar-refractivity contribution in [3.05, 3.63) is 94.5 Å². The van der Waals surface area contributed by atoms with Crippen LogP contribution in [-0.2, 0) is 23.0 Å². The number of sulfonamides is 1. The smallest absolute Gasteiger partial charge is 0.261 e. The van der Waals surface area contributed by atoms with Crippen LogP contribution in [0.25, 0.3) is 0 Å². The quantitative estimate of drug-likeness (QED) is 0.585. The Bertz CT molecular complexity index is 1450. The third-order valence-electron chi connectivity index (χ3n) is 6.20.